The number of amides is 1. The Morgan fingerprint density at radius 3 is 2.44 bits per heavy atom. The molecular formula is C27H32N4O. The Labute approximate surface area is 190 Å². The van der Waals surface area contributed by atoms with Gasteiger partial charge in [0.05, 0.1) is 5.69 Å². The van der Waals surface area contributed by atoms with E-state index in [1.807, 2.05) is 43.8 Å². The summed E-state index contributed by atoms with van der Waals surface area (Å²) in [6.07, 6.45) is 10.6. The minimum atomic E-state index is 0.0720. The van der Waals surface area contributed by atoms with Gasteiger partial charge in [0.2, 0.25) is 0 Å². The number of carbonyl (C=O) groups excluding carboxylic acids is 1. The molecule has 1 amide bonds. The van der Waals surface area contributed by atoms with Crippen LogP contribution in [0.15, 0.2) is 48.9 Å². The summed E-state index contributed by atoms with van der Waals surface area (Å²) in [5, 5.41) is 0. The molecule has 32 heavy (non-hydrogen) atoms. The SMILES string of the molecule is CCCN(C)C(=O)c1ccc(C2(CC)CC2)c(Cc2ncc(-c3cc(C)ccn3)cn2)c1. The van der Waals surface area contributed by atoms with E-state index in [4.69, 9.17) is 0 Å². The first kappa shape index (κ1) is 22.1. The van der Waals surface area contributed by atoms with E-state index in [-0.39, 0.29) is 11.3 Å². The van der Waals surface area contributed by atoms with Gasteiger partial charge in [0.15, 0.2) is 0 Å². The van der Waals surface area contributed by atoms with Crippen molar-refractivity contribution in [3.63, 3.8) is 0 Å². The highest BCUT2D eigenvalue weighted by Crippen LogP contribution is 2.52. The fraction of sp³-hybridized carbons (Fsp3) is 0.407. The molecule has 0 spiro atoms. The normalized spacial score (nSPS) is 14.2. The molecule has 0 atom stereocenters. The van der Waals surface area contributed by atoms with Crippen LogP contribution in [0.1, 0.15) is 72.4 Å². The smallest absolute Gasteiger partial charge is 0.253 e. The predicted molar refractivity (Wildman–Crippen MR) is 128 cm³/mol. The molecule has 1 aromatic carbocycles. The second-order valence-corrected chi connectivity index (χ2v) is 9.02. The van der Waals surface area contributed by atoms with Crippen molar-refractivity contribution in [2.24, 2.45) is 0 Å². The molecular weight excluding hydrogens is 396 g/mol. The summed E-state index contributed by atoms with van der Waals surface area (Å²) in [7, 11) is 1.87. The second-order valence-electron chi connectivity index (χ2n) is 9.02. The number of benzene rings is 1. The largest absolute Gasteiger partial charge is 0.342 e. The van der Waals surface area contributed by atoms with Crippen LogP contribution in [0.4, 0.5) is 0 Å². The van der Waals surface area contributed by atoms with Crippen LogP contribution in [-0.4, -0.2) is 39.4 Å². The fourth-order valence-corrected chi connectivity index (χ4v) is 4.45. The van der Waals surface area contributed by atoms with Crippen molar-refractivity contribution in [3.05, 3.63) is 77.0 Å². The summed E-state index contributed by atoms with van der Waals surface area (Å²) in [6, 6.07) is 10.3. The van der Waals surface area contributed by atoms with E-state index in [2.05, 4.69) is 47.9 Å². The van der Waals surface area contributed by atoms with Gasteiger partial charge in [-0.1, -0.05) is 19.9 Å². The maximum atomic E-state index is 12.9. The van der Waals surface area contributed by atoms with Crippen molar-refractivity contribution in [1.29, 1.82) is 0 Å². The minimum Gasteiger partial charge on any atom is -0.342 e. The Hall–Kier alpha value is -3.08. The molecule has 0 radical (unpaired) electrons. The lowest BCUT2D eigenvalue weighted by Gasteiger charge is -2.21. The zero-order valence-corrected chi connectivity index (χ0v) is 19.6. The lowest BCUT2D eigenvalue weighted by Crippen LogP contribution is -2.27. The van der Waals surface area contributed by atoms with Crippen molar-refractivity contribution in [2.75, 3.05) is 13.6 Å². The molecule has 1 aliphatic carbocycles. The summed E-state index contributed by atoms with van der Waals surface area (Å²) >= 11 is 0. The Bertz CT molecular complexity index is 1100. The van der Waals surface area contributed by atoms with Crippen LogP contribution < -0.4 is 0 Å². The average molecular weight is 429 g/mol. The van der Waals surface area contributed by atoms with Gasteiger partial charge in [-0.25, -0.2) is 9.97 Å². The molecule has 0 bridgehead atoms. The molecule has 1 fully saturated rings. The standard InChI is InChI=1S/C27H32N4O/c1-5-13-31(4)26(32)20-7-8-23(27(6-2)10-11-27)21(15-20)16-25-29-17-22(18-30-25)24-14-19(3)9-12-28-24/h7-9,12,14-15,17-18H,5-6,10-11,13,16H2,1-4H3. The van der Waals surface area contributed by atoms with Crippen LogP contribution in [0.5, 0.6) is 0 Å². The number of carbonyl (C=O) groups is 1. The summed E-state index contributed by atoms with van der Waals surface area (Å²) in [5.74, 6) is 0.837. The highest BCUT2D eigenvalue weighted by atomic mass is 16.2. The van der Waals surface area contributed by atoms with Gasteiger partial charge in [0.1, 0.15) is 5.82 Å². The van der Waals surface area contributed by atoms with Gasteiger partial charge in [0.25, 0.3) is 5.91 Å². The quantitative estimate of drug-likeness (QED) is 0.484. The highest BCUT2D eigenvalue weighted by Gasteiger charge is 2.43. The van der Waals surface area contributed by atoms with Crippen LogP contribution in [-0.2, 0) is 11.8 Å². The molecule has 166 valence electrons. The zero-order chi connectivity index (χ0) is 22.7. The molecule has 1 saturated carbocycles. The van der Waals surface area contributed by atoms with Crippen LogP contribution in [0.25, 0.3) is 11.3 Å². The molecule has 3 aromatic rings. The molecule has 2 heterocycles. The van der Waals surface area contributed by atoms with E-state index >= 15 is 0 Å². The maximum absolute atomic E-state index is 12.9. The molecule has 5 nitrogen and oxygen atoms in total. The van der Waals surface area contributed by atoms with Crippen molar-refractivity contribution >= 4 is 5.91 Å². The van der Waals surface area contributed by atoms with E-state index in [1.165, 1.54) is 24.0 Å². The van der Waals surface area contributed by atoms with E-state index < -0.39 is 0 Å². The van der Waals surface area contributed by atoms with Gasteiger partial charge in [0, 0.05) is 49.7 Å². The third-order valence-electron chi connectivity index (χ3n) is 6.62. The average Bonchev–Trinajstić information content (AvgIpc) is 3.60. The Morgan fingerprint density at radius 1 is 1.06 bits per heavy atom. The summed E-state index contributed by atoms with van der Waals surface area (Å²) in [5.41, 5.74) is 6.46. The molecule has 0 N–H and O–H groups in total. The summed E-state index contributed by atoms with van der Waals surface area (Å²) in [4.78, 5) is 28.4. The van der Waals surface area contributed by atoms with Crippen molar-refractivity contribution in [2.45, 2.75) is 58.3 Å². The number of nitrogens with zero attached hydrogens (tertiary/aromatic N) is 4. The summed E-state index contributed by atoms with van der Waals surface area (Å²) < 4.78 is 0. The Kier molecular flexibility index (Phi) is 6.35. The lowest BCUT2D eigenvalue weighted by molar-refractivity contribution is 0.0795. The number of hydrogen-bond acceptors (Lipinski definition) is 4. The lowest BCUT2D eigenvalue weighted by atomic mass is 9.86. The molecule has 1 aliphatic rings. The zero-order valence-electron chi connectivity index (χ0n) is 19.6. The number of hydrogen-bond donors (Lipinski definition) is 0. The van der Waals surface area contributed by atoms with E-state index in [0.29, 0.717) is 6.42 Å². The number of pyridine rings is 1. The summed E-state index contributed by atoms with van der Waals surface area (Å²) in [6.45, 7) is 7.15. The van der Waals surface area contributed by atoms with Gasteiger partial charge in [-0.2, -0.15) is 0 Å². The molecule has 0 aliphatic heterocycles. The van der Waals surface area contributed by atoms with Gasteiger partial charge in [-0.05, 0) is 79.0 Å². The Morgan fingerprint density at radius 2 is 1.81 bits per heavy atom. The van der Waals surface area contributed by atoms with E-state index in [1.54, 1.807) is 4.90 Å². The molecule has 0 unspecified atom stereocenters. The first-order valence-electron chi connectivity index (χ1n) is 11.6. The first-order chi connectivity index (χ1) is 15.5. The third-order valence-corrected chi connectivity index (χ3v) is 6.62. The third kappa shape index (κ3) is 4.57. The van der Waals surface area contributed by atoms with Gasteiger partial charge >= 0.3 is 0 Å². The van der Waals surface area contributed by atoms with E-state index in [9.17, 15) is 4.79 Å². The second kappa shape index (κ2) is 9.19. The van der Waals surface area contributed by atoms with Crippen molar-refractivity contribution in [1.82, 2.24) is 19.9 Å². The van der Waals surface area contributed by atoms with Crippen LogP contribution >= 0.6 is 0 Å². The Balaban J connectivity index is 1.64. The van der Waals surface area contributed by atoms with Crippen LogP contribution in [0, 0.1) is 6.92 Å². The van der Waals surface area contributed by atoms with E-state index in [0.717, 1.165) is 47.6 Å². The fourth-order valence-electron chi connectivity index (χ4n) is 4.45. The van der Waals surface area contributed by atoms with Crippen LogP contribution in [0.3, 0.4) is 0 Å². The van der Waals surface area contributed by atoms with Crippen molar-refractivity contribution in [3.8, 4) is 11.3 Å². The van der Waals surface area contributed by atoms with Crippen LogP contribution in [0.2, 0.25) is 0 Å². The topological polar surface area (TPSA) is 59.0 Å². The van der Waals surface area contributed by atoms with Gasteiger partial charge in [-0.15, -0.1) is 0 Å². The molecule has 2 aromatic heterocycles. The minimum absolute atomic E-state index is 0.0720. The number of aromatic nitrogens is 3. The van der Waals surface area contributed by atoms with Crippen molar-refractivity contribution < 1.29 is 4.79 Å². The molecule has 0 saturated heterocycles. The monoisotopic (exact) mass is 428 g/mol. The first-order valence-corrected chi connectivity index (χ1v) is 11.6. The van der Waals surface area contributed by atoms with Gasteiger partial charge in [-0.3, -0.25) is 9.78 Å². The predicted octanol–water partition coefficient (Wildman–Crippen LogP) is 5.36. The molecule has 4 rings (SSSR count). The molecule has 5 heteroatoms. The maximum Gasteiger partial charge on any atom is 0.253 e. The number of aryl methyl sites for hydroxylation is 1. The van der Waals surface area contributed by atoms with Gasteiger partial charge < -0.3 is 4.90 Å². The number of rotatable bonds is 8. The highest BCUT2D eigenvalue weighted by molar-refractivity contribution is 5.94.